The first-order valence-corrected chi connectivity index (χ1v) is 5.37. The quantitative estimate of drug-likeness (QED) is 0.403. The third-order valence-electron chi connectivity index (χ3n) is 4.09. The smallest absolute Gasteiger partial charge is 0.165 e. The van der Waals surface area contributed by atoms with Gasteiger partial charge in [0.2, 0.25) is 0 Å². The summed E-state index contributed by atoms with van der Waals surface area (Å²) in [5.74, 6) is 1.60. The van der Waals surface area contributed by atoms with E-state index in [0.717, 1.165) is 5.57 Å². The van der Waals surface area contributed by atoms with E-state index in [2.05, 4.69) is 5.92 Å². The molecule has 0 radical (unpaired) electrons. The van der Waals surface area contributed by atoms with Crippen molar-refractivity contribution < 1.29 is 14.7 Å². The van der Waals surface area contributed by atoms with Crippen LogP contribution in [0.2, 0.25) is 0 Å². The Bertz CT molecular complexity index is 429. The molecule has 1 N–H and O–H groups in total. The van der Waals surface area contributed by atoms with Gasteiger partial charge in [-0.15, -0.1) is 6.42 Å². The average Bonchev–Trinajstić information content (AvgIpc) is 2.52. The molecule has 0 amide bonds. The van der Waals surface area contributed by atoms with Crippen molar-refractivity contribution in [3.05, 3.63) is 11.6 Å². The highest BCUT2D eigenvalue weighted by Crippen LogP contribution is 2.55. The van der Waals surface area contributed by atoms with Crippen molar-refractivity contribution in [1.29, 1.82) is 0 Å². The minimum absolute atomic E-state index is 0.163. The van der Waals surface area contributed by atoms with Gasteiger partial charge in [-0.3, -0.25) is 4.79 Å². The summed E-state index contributed by atoms with van der Waals surface area (Å²) in [6.07, 6.45) is 8.95. The summed E-state index contributed by atoms with van der Waals surface area (Å²) in [7, 11) is 0. The van der Waals surface area contributed by atoms with E-state index in [9.17, 15) is 14.7 Å². The van der Waals surface area contributed by atoms with Crippen LogP contribution in [0.5, 0.6) is 0 Å². The van der Waals surface area contributed by atoms with E-state index < -0.39 is 16.9 Å². The van der Waals surface area contributed by atoms with Gasteiger partial charge in [0.05, 0.1) is 5.92 Å². The van der Waals surface area contributed by atoms with Crippen LogP contribution < -0.4 is 0 Å². The van der Waals surface area contributed by atoms with Crippen molar-refractivity contribution >= 4 is 12.1 Å². The van der Waals surface area contributed by atoms with E-state index >= 15 is 0 Å². The Morgan fingerprint density at radius 1 is 1.69 bits per heavy atom. The number of fused-ring (bicyclic) bond motifs is 1. The van der Waals surface area contributed by atoms with Gasteiger partial charge in [0, 0.05) is 5.41 Å². The molecular formula is C13H14O3. The molecule has 16 heavy (non-hydrogen) atoms. The summed E-state index contributed by atoms with van der Waals surface area (Å²) in [5, 5.41) is 10.3. The number of terminal acetylenes is 1. The molecule has 0 aliphatic heterocycles. The standard InChI is InChI=1S/C13H14O3/c1-3-13(16)5-4-10-6-11(15)9(8-14)7-12(10,13)2/h1,6,8-9,16H,4-5,7H2,2H3. The molecule has 0 bridgehead atoms. The normalized spacial score (nSPS) is 42.2. The first-order chi connectivity index (χ1) is 7.47. The Morgan fingerprint density at radius 3 is 2.94 bits per heavy atom. The Kier molecular flexibility index (Phi) is 2.28. The Hall–Kier alpha value is -1.40. The van der Waals surface area contributed by atoms with Crippen molar-refractivity contribution in [1.82, 2.24) is 0 Å². The molecule has 0 spiro atoms. The van der Waals surface area contributed by atoms with E-state index in [0.29, 0.717) is 25.5 Å². The van der Waals surface area contributed by atoms with Gasteiger partial charge in [-0.2, -0.15) is 0 Å². The minimum Gasteiger partial charge on any atom is -0.377 e. The second-order valence-electron chi connectivity index (χ2n) is 4.86. The molecule has 0 aromatic rings. The van der Waals surface area contributed by atoms with Crippen LogP contribution in [0.4, 0.5) is 0 Å². The lowest BCUT2D eigenvalue weighted by Crippen LogP contribution is -2.45. The van der Waals surface area contributed by atoms with Gasteiger partial charge >= 0.3 is 0 Å². The predicted molar refractivity (Wildman–Crippen MR) is 58.4 cm³/mol. The van der Waals surface area contributed by atoms with Gasteiger partial charge in [0.25, 0.3) is 0 Å². The van der Waals surface area contributed by atoms with Crippen LogP contribution >= 0.6 is 0 Å². The van der Waals surface area contributed by atoms with E-state index in [1.54, 1.807) is 0 Å². The SMILES string of the molecule is C#CC1(O)CCC2=CC(=O)C(C=O)CC21C. The summed E-state index contributed by atoms with van der Waals surface area (Å²) < 4.78 is 0. The maximum absolute atomic E-state index is 11.6. The molecule has 1 saturated carbocycles. The topological polar surface area (TPSA) is 54.4 Å². The molecule has 3 nitrogen and oxygen atoms in total. The molecule has 0 aromatic heterocycles. The Labute approximate surface area is 94.5 Å². The highest BCUT2D eigenvalue weighted by atomic mass is 16.3. The molecule has 0 saturated heterocycles. The number of rotatable bonds is 1. The number of allylic oxidation sites excluding steroid dienone is 1. The zero-order valence-corrected chi connectivity index (χ0v) is 9.19. The van der Waals surface area contributed by atoms with E-state index in [-0.39, 0.29) is 5.78 Å². The van der Waals surface area contributed by atoms with Crippen LogP contribution in [0.25, 0.3) is 0 Å². The molecule has 2 aliphatic rings. The maximum atomic E-state index is 11.6. The lowest BCUT2D eigenvalue weighted by atomic mass is 9.65. The van der Waals surface area contributed by atoms with Gasteiger partial charge in [-0.1, -0.05) is 18.4 Å². The summed E-state index contributed by atoms with van der Waals surface area (Å²) in [4.78, 5) is 22.4. The summed E-state index contributed by atoms with van der Waals surface area (Å²) in [6.45, 7) is 1.84. The first-order valence-electron chi connectivity index (χ1n) is 5.37. The molecule has 3 atom stereocenters. The second-order valence-corrected chi connectivity index (χ2v) is 4.86. The van der Waals surface area contributed by atoms with Crippen molar-refractivity contribution in [3.8, 4) is 12.3 Å². The lowest BCUT2D eigenvalue weighted by Gasteiger charge is -2.40. The summed E-state index contributed by atoms with van der Waals surface area (Å²) in [5.41, 5.74) is -0.960. The first kappa shape index (κ1) is 11.1. The lowest BCUT2D eigenvalue weighted by molar-refractivity contribution is -0.127. The molecule has 3 unspecified atom stereocenters. The number of aldehydes is 1. The highest BCUT2D eigenvalue weighted by Gasteiger charge is 2.56. The maximum Gasteiger partial charge on any atom is 0.165 e. The second kappa shape index (κ2) is 3.29. The largest absolute Gasteiger partial charge is 0.377 e. The van der Waals surface area contributed by atoms with Gasteiger partial charge in [0.15, 0.2) is 5.78 Å². The van der Waals surface area contributed by atoms with Crippen LogP contribution in [0.1, 0.15) is 26.2 Å². The molecular weight excluding hydrogens is 204 g/mol. The van der Waals surface area contributed by atoms with Crippen LogP contribution in [-0.4, -0.2) is 22.8 Å². The van der Waals surface area contributed by atoms with Gasteiger partial charge in [-0.05, 0) is 25.3 Å². The van der Waals surface area contributed by atoms with E-state index in [4.69, 9.17) is 6.42 Å². The van der Waals surface area contributed by atoms with Crippen molar-refractivity contribution in [3.63, 3.8) is 0 Å². The molecule has 0 heterocycles. The number of hydrogen-bond donors (Lipinski definition) is 1. The molecule has 3 heteroatoms. The fraction of sp³-hybridized carbons (Fsp3) is 0.538. The summed E-state index contributed by atoms with van der Waals surface area (Å²) >= 11 is 0. The number of hydrogen-bond acceptors (Lipinski definition) is 3. The van der Waals surface area contributed by atoms with E-state index in [1.165, 1.54) is 6.08 Å². The Morgan fingerprint density at radius 2 is 2.38 bits per heavy atom. The number of ketones is 1. The fourth-order valence-corrected chi connectivity index (χ4v) is 2.83. The van der Waals surface area contributed by atoms with Crippen molar-refractivity contribution in [2.45, 2.75) is 31.8 Å². The van der Waals surface area contributed by atoms with Crippen LogP contribution in [0, 0.1) is 23.7 Å². The van der Waals surface area contributed by atoms with E-state index in [1.807, 2.05) is 6.92 Å². The van der Waals surface area contributed by atoms with Crippen LogP contribution in [-0.2, 0) is 9.59 Å². The van der Waals surface area contributed by atoms with Crippen molar-refractivity contribution in [2.24, 2.45) is 11.3 Å². The number of carbonyl (C=O) groups is 2. The molecule has 0 aromatic carbocycles. The fourth-order valence-electron chi connectivity index (χ4n) is 2.83. The highest BCUT2D eigenvalue weighted by molar-refractivity contribution is 6.02. The monoisotopic (exact) mass is 218 g/mol. The third kappa shape index (κ3) is 1.20. The van der Waals surface area contributed by atoms with Crippen LogP contribution in [0.3, 0.4) is 0 Å². The zero-order chi connectivity index (χ0) is 12.0. The predicted octanol–water partition coefficient (Wildman–Crippen LogP) is 0.865. The van der Waals surface area contributed by atoms with Gasteiger partial charge < -0.3 is 9.90 Å². The molecule has 2 rings (SSSR count). The average molecular weight is 218 g/mol. The minimum atomic E-state index is -1.22. The van der Waals surface area contributed by atoms with Gasteiger partial charge in [0.1, 0.15) is 11.9 Å². The van der Waals surface area contributed by atoms with Crippen molar-refractivity contribution in [2.75, 3.05) is 0 Å². The third-order valence-corrected chi connectivity index (χ3v) is 4.09. The van der Waals surface area contributed by atoms with Gasteiger partial charge in [-0.25, -0.2) is 0 Å². The number of aliphatic hydroxyl groups is 1. The Balaban J connectivity index is 2.50. The number of carbonyl (C=O) groups excluding carboxylic acids is 2. The van der Waals surface area contributed by atoms with Crippen LogP contribution in [0.15, 0.2) is 11.6 Å². The zero-order valence-electron chi connectivity index (χ0n) is 9.19. The molecule has 2 aliphatic carbocycles. The molecule has 1 fully saturated rings. The molecule has 84 valence electrons. The summed E-state index contributed by atoms with van der Waals surface area (Å²) in [6, 6.07) is 0.